The van der Waals surface area contributed by atoms with Gasteiger partial charge in [-0.15, -0.1) is 0 Å². The minimum Gasteiger partial charge on any atom is -0.507 e. The summed E-state index contributed by atoms with van der Waals surface area (Å²) in [6.45, 7) is -0.0716. The van der Waals surface area contributed by atoms with Gasteiger partial charge in [-0.2, -0.15) is 0 Å². The van der Waals surface area contributed by atoms with Crippen LogP contribution in [0.2, 0.25) is 5.02 Å². The molecule has 0 radical (unpaired) electrons. The third-order valence-corrected chi connectivity index (χ3v) is 3.25. The number of likely N-dealkylation sites (tertiary alicyclic amines) is 1. The molecule has 2 rings (SSSR count). The van der Waals surface area contributed by atoms with Crippen molar-refractivity contribution in [3.8, 4) is 5.75 Å². The summed E-state index contributed by atoms with van der Waals surface area (Å²) in [7, 11) is 0. The highest BCUT2D eigenvalue weighted by atomic mass is 35.5. The minimum atomic E-state index is -1.18. The number of β-amino-alcohol motifs (C(OH)–C–C–N with tert-alkyl or cyclic N) is 1. The Labute approximate surface area is 113 Å². The van der Waals surface area contributed by atoms with Crippen molar-refractivity contribution < 1.29 is 24.9 Å². The highest BCUT2D eigenvalue weighted by molar-refractivity contribution is 6.30. The third kappa shape index (κ3) is 2.64. The Hall–Kier alpha value is -1.79. The highest BCUT2D eigenvalue weighted by Gasteiger charge is 2.39. The first-order valence-corrected chi connectivity index (χ1v) is 5.98. The fourth-order valence-corrected chi connectivity index (χ4v) is 2.28. The predicted octanol–water partition coefficient (Wildman–Crippen LogP) is 0.706. The molecule has 7 heteroatoms. The number of aromatic hydroxyl groups is 1. The number of hydrogen-bond acceptors (Lipinski definition) is 4. The van der Waals surface area contributed by atoms with Crippen LogP contribution in [0.3, 0.4) is 0 Å². The second-order valence-corrected chi connectivity index (χ2v) is 4.80. The Kier molecular flexibility index (Phi) is 3.64. The van der Waals surface area contributed by atoms with E-state index in [2.05, 4.69) is 0 Å². The lowest BCUT2D eigenvalue weighted by molar-refractivity contribution is -0.141. The van der Waals surface area contributed by atoms with Gasteiger partial charge in [0.2, 0.25) is 0 Å². The number of hydrogen-bond donors (Lipinski definition) is 3. The van der Waals surface area contributed by atoms with Crippen molar-refractivity contribution in [2.45, 2.75) is 18.6 Å². The molecule has 2 atom stereocenters. The van der Waals surface area contributed by atoms with Crippen molar-refractivity contribution in [3.63, 3.8) is 0 Å². The predicted molar refractivity (Wildman–Crippen MR) is 66.2 cm³/mol. The summed E-state index contributed by atoms with van der Waals surface area (Å²) < 4.78 is 0. The van der Waals surface area contributed by atoms with Gasteiger partial charge in [0.05, 0.1) is 11.7 Å². The summed E-state index contributed by atoms with van der Waals surface area (Å²) in [5.74, 6) is -2.14. The highest BCUT2D eigenvalue weighted by Crippen LogP contribution is 2.27. The topological polar surface area (TPSA) is 98.1 Å². The van der Waals surface area contributed by atoms with Crippen molar-refractivity contribution >= 4 is 23.5 Å². The molecule has 1 fully saturated rings. The lowest BCUT2D eigenvalue weighted by Crippen LogP contribution is -2.40. The number of halogens is 1. The molecule has 6 nitrogen and oxygen atoms in total. The van der Waals surface area contributed by atoms with Crippen molar-refractivity contribution in [3.05, 3.63) is 28.8 Å². The molecule has 1 aromatic rings. The van der Waals surface area contributed by atoms with Gasteiger partial charge in [0.1, 0.15) is 11.8 Å². The quantitative estimate of drug-likeness (QED) is 0.743. The summed E-state index contributed by atoms with van der Waals surface area (Å²) >= 11 is 5.66. The molecule has 1 saturated heterocycles. The monoisotopic (exact) mass is 285 g/mol. The zero-order valence-electron chi connectivity index (χ0n) is 9.78. The Morgan fingerprint density at radius 2 is 2.05 bits per heavy atom. The van der Waals surface area contributed by atoms with Crippen molar-refractivity contribution in [2.24, 2.45) is 0 Å². The van der Waals surface area contributed by atoms with Crippen LogP contribution in [0.25, 0.3) is 0 Å². The molecule has 0 aliphatic carbocycles. The summed E-state index contributed by atoms with van der Waals surface area (Å²) in [6.07, 6.45) is -0.894. The molecule has 1 aliphatic rings. The van der Waals surface area contributed by atoms with Crippen LogP contribution >= 0.6 is 11.6 Å². The molecule has 1 aliphatic heterocycles. The van der Waals surface area contributed by atoms with E-state index in [9.17, 15) is 19.8 Å². The molecule has 1 aromatic carbocycles. The van der Waals surface area contributed by atoms with E-state index < -0.39 is 24.0 Å². The van der Waals surface area contributed by atoms with Crippen LogP contribution in [0.5, 0.6) is 5.75 Å². The Balaban J connectivity index is 2.30. The van der Waals surface area contributed by atoms with E-state index in [0.717, 1.165) is 4.90 Å². The number of aliphatic hydroxyl groups excluding tert-OH is 1. The van der Waals surface area contributed by atoms with Gasteiger partial charge in [-0.25, -0.2) is 4.79 Å². The van der Waals surface area contributed by atoms with Crippen molar-refractivity contribution in [2.75, 3.05) is 6.54 Å². The Morgan fingerprint density at radius 1 is 1.37 bits per heavy atom. The molecule has 1 heterocycles. The average Bonchev–Trinajstić information content (AvgIpc) is 2.70. The van der Waals surface area contributed by atoms with Crippen molar-refractivity contribution in [1.82, 2.24) is 4.90 Å². The van der Waals surface area contributed by atoms with Crippen LogP contribution in [0, 0.1) is 0 Å². The summed E-state index contributed by atoms with van der Waals surface area (Å²) in [4.78, 5) is 24.3. The molecule has 1 amide bonds. The lowest BCUT2D eigenvalue weighted by Gasteiger charge is -2.21. The van der Waals surface area contributed by atoms with E-state index >= 15 is 0 Å². The molecular formula is C12H12ClNO5. The maximum absolute atomic E-state index is 12.2. The fourth-order valence-electron chi connectivity index (χ4n) is 2.11. The number of aliphatic carboxylic acids is 1. The van der Waals surface area contributed by atoms with Crippen LogP contribution in [-0.4, -0.2) is 50.8 Å². The van der Waals surface area contributed by atoms with E-state index in [0.29, 0.717) is 0 Å². The molecular weight excluding hydrogens is 274 g/mol. The molecule has 0 bridgehead atoms. The van der Waals surface area contributed by atoms with Crippen LogP contribution in [0.15, 0.2) is 18.2 Å². The van der Waals surface area contributed by atoms with E-state index in [1.165, 1.54) is 18.2 Å². The molecule has 102 valence electrons. The normalized spacial score (nSPS) is 22.5. The Bertz CT molecular complexity index is 533. The molecule has 0 unspecified atom stereocenters. The van der Waals surface area contributed by atoms with E-state index in [-0.39, 0.29) is 29.3 Å². The number of nitrogens with zero attached hydrogens (tertiary/aromatic N) is 1. The number of phenolic OH excluding ortho intramolecular Hbond substituents is 1. The summed E-state index contributed by atoms with van der Waals surface area (Å²) in [5, 5.41) is 28.4. The van der Waals surface area contributed by atoms with Crippen LogP contribution < -0.4 is 0 Å². The minimum absolute atomic E-state index is 0.0184. The standard InChI is InChI=1S/C12H12ClNO5/c13-6-1-2-8(10(16)3-6)11(17)14-5-7(15)4-9(14)12(18)19/h1-3,7,9,15-16H,4-5H2,(H,18,19)/t7-,9-/m0/s1. The van der Waals surface area contributed by atoms with Crippen LogP contribution in [-0.2, 0) is 4.79 Å². The number of rotatable bonds is 2. The second-order valence-electron chi connectivity index (χ2n) is 4.36. The first-order valence-electron chi connectivity index (χ1n) is 5.60. The average molecular weight is 286 g/mol. The number of carboxylic acid groups (broad SMARTS) is 1. The third-order valence-electron chi connectivity index (χ3n) is 3.02. The van der Waals surface area contributed by atoms with E-state index in [1.54, 1.807) is 0 Å². The largest absolute Gasteiger partial charge is 0.507 e. The van der Waals surface area contributed by atoms with Gasteiger partial charge in [0, 0.05) is 18.0 Å². The number of carboxylic acids is 1. The first-order chi connectivity index (χ1) is 8.90. The molecule has 0 aromatic heterocycles. The van der Waals surface area contributed by atoms with Gasteiger partial charge < -0.3 is 20.2 Å². The molecule has 0 spiro atoms. The number of phenols is 1. The van der Waals surface area contributed by atoms with Crippen LogP contribution in [0.4, 0.5) is 0 Å². The molecule has 19 heavy (non-hydrogen) atoms. The van der Waals surface area contributed by atoms with E-state index in [1.807, 2.05) is 0 Å². The number of carbonyl (C=O) groups excluding carboxylic acids is 1. The van der Waals surface area contributed by atoms with Crippen molar-refractivity contribution in [1.29, 1.82) is 0 Å². The molecule has 0 saturated carbocycles. The SMILES string of the molecule is O=C(O)[C@@H]1C[C@H](O)CN1C(=O)c1ccc(Cl)cc1O. The van der Waals surface area contributed by atoms with E-state index in [4.69, 9.17) is 16.7 Å². The second kappa shape index (κ2) is 5.07. The van der Waals surface area contributed by atoms with Gasteiger partial charge in [0.25, 0.3) is 5.91 Å². The fraction of sp³-hybridized carbons (Fsp3) is 0.333. The van der Waals surface area contributed by atoms with Gasteiger partial charge in [-0.3, -0.25) is 4.79 Å². The smallest absolute Gasteiger partial charge is 0.326 e. The van der Waals surface area contributed by atoms with Gasteiger partial charge >= 0.3 is 5.97 Å². The van der Waals surface area contributed by atoms with Gasteiger partial charge in [0.15, 0.2) is 0 Å². The summed E-state index contributed by atoms with van der Waals surface area (Å²) in [6, 6.07) is 2.87. The van der Waals surface area contributed by atoms with Gasteiger partial charge in [-0.1, -0.05) is 11.6 Å². The number of benzene rings is 1. The Morgan fingerprint density at radius 3 is 2.63 bits per heavy atom. The maximum atomic E-state index is 12.2. The number of carbonyl (C=O) groups is 2. The number of aliphatic hydroxyl groups is 1. The lowest BCUT2D eigenvalue weighted by atomic mass is 10.1. The molecule has 3 N–H and O–H groups in total. The zero-order chi connectivity index (χ0) is 14.2. The maximum Gasteiger partial charge on any atom is 0.326 e. The van der Waals surface area contributed by atoms with Gasteiger partial charge in [-0.05, 0) is 18.2 Å². The number of amides is 1. The zero-order valence-corrected chi connectivity index (χ0v) is 10.5. The first kappa shape index (κ1) is 13.6. The summed E-state index contributed by atoms with van der Waals surface area (Å²) in [5.41, 5.74) is -0.0373. The van der Waals surface area contributed by atoms with Crippen LogP contribution in [0.1, 0.15) is 16.8 Å².